The Bertz CT molecular complexity index is 273. The molecular formula is C13H21NO. The molecule has 0 aromatic heterocycles. The number of rotatable bonds is 5. The molecule has 0 spiro atoms. The molecule has 0 fully saturated rings. The number of aliphatic hydroxyl groups is 1. The number of hydrogen-bond donors (Lipinski definition) is 1. The zero-order valence-electron chi connectivity index (χ0n) is 9.85. The van der Waals surface area contributed by atoms with E-state index in [1.54, 1.807) is 0 Å². The van der Waals surface area contributed by atoms with Crippen LogP contribution in [0, 0.1) is 0 Å². The Morgan fingerprint density at radius 1 is 1.27 bits per heavy atom. The second-order valence-corrected chi connectivity index (χ2v) is 4.01. The molecule has 0 amide bonds. The van der Waals surface area contributed by atoms with Crippen LogP contribution in [0.5, 0.6) is 0 Å². The Kier molecular flexibility index (Phi) is 4.79. The van der Waals surface area contributed by atoms with Gasteiger partial charge in [0, 0.05) is 12.0 Å². The molecule has 0 radical (unpaired) electrons. The van der Waals surface area contributed by atoms with Crippen molar-refractivity contribution >= 4 is 0 Å². The molecule has 84 valence electrons. The third kappa shape index (κ3) is 3.05. The fourth-order valence-corrected chi connectivity index (χ4v) is 1.83. The van der Waals surface area contributed by atoms with Crippen LogP contribution in [-0.2, 0) is 0 Å². The maximum Gasteiger partial charge on any atom is 0.0514 e. The average molecular weight is 207 g/mol. The normalized spacial score (nSPS) is 15.3. The standard InChI is InChI=1S/C13H21NO/c1-4-14(3)11(2)13(10-15)12-8-6-5-7-9-12/h5-9,11,13,15H,4,10H2,1-3H3. The molecule has 2 heteroatoms. The third-order valence-electron chi connectivity index (χ3n) is 3.20. The highest BCUT2D eigenvalue weighted by molar-refractivity contribution is 5.21. The van der Waals surface area contributed by atoms with Crippen molar-refractivity contribution < 1.29 is 5.11 Å². The predicted molar refractivity (Wildman–Crippen MR) is 64.0 cm³/mol. The molecule has 0 aliphatic carbocycles. The molecule has 0 saturated carbocycles. The summed E-state index contributed by atoms with van der Waals surface area (Å²) in [6, 6.07) is 10.6. The molecule has 15 heavy (non-hydrogen) atoms. The third-order valence-corrected chi connectivity index (χ3v) is 3.20. The maximum absolute atomic E-state index is 9.47. The van der Waals surface area contributed by atoms with Gasteiger partial charge in [-0.15, -0.1) is 0 Å². The number of benzene rings is 1. The van der Waals surface area contributed by atoms with E-state index in [0.717, 1.165) is 6.54 Å². The highest BCUT2D eigenvalue weighted by Gasteiger charge is 2.20. The number of hydrogen-bond acceptors (Lipinski definition) is 2. The van der Waals surface area contributed by atoms with Crippen LogP contribution in [0.15, 0.2) is 30.3 Å². The summed E-state index contributed by atoms with van der Waals surface area (Å²) in [5.74, 6) is 0.205. The van der Waals surface area contributed by atoms with E-state index in [2.05, 4.69) is 37.9 Å². The zero-order valence-corrected chi connectivity index (χ0v) is 9.85. The highest BCUT2D eigenvalue weighted by atomic mass is 16.3. The van der Waals surface area contributed by atoms with Gasteiger partial charge in [0.05, 0.1) is 6.61 Å². The van der Waals surface area contributed by atoms with Gasteiger partial charge in [0.15, 0.2) is 0 Å². The fraction of sp³-hybridized carbons (Fsp3) is 0.538. The first-order valence-corrected chi connectivity index (χ1v) is 5.56. The molecule has 1 N–H and O–H groups in total. The van der Waals surface area contributed by atoms with Gasteiger partial charge in [-0.3, -0.25) is 0 Å². The SMILES string of the molecule is CCN(C)C(C)C(CO)c1ccccc1. The summed E-state index contributed by atoms with van der Waals surface area (Å²) in [6.07, 6.45) is 0. The summed E-state index contributed by atoms with van der Waals surface area (Å²) >= 11 is 0. The molecule has 0 aliphatic heterocycles. The quantitative estimate of drug-likeness (QED) is 0.799. The first kappa shape index (κ1) is 12.2. The topological polar surface area (TPSA) is 23.5 Å². The maximum atomic E-state index is 9.47. The van der Waals surface area contributed by atoms with Crippen molar-refractivity contribution in [1.82, 2.24) is 4.90 Å². The van der Waals surface area contributed by atoms with Crippen LogP contribution in [0.1, 0.15) is 25.3 Å². The van der Waals surface area contributed by atoms with E-state index in [1.807, 2.05) is 18.2 Å². The summed E-state index contributed by atoms with van der Waals surface area (Å²) in [5.41, 5.74) is 1.22. The molecule has 0 aliphatic rings. The lowest BCUT2D eigenvalue weighted by atomic mass is 9.92. The summed E-state index contributed by atoms with van der Waals surface area (Å²) < 4.78 is 0. The van der Waals surface area contributed by atoms with E-state index in [9.17, 15) is 5.11 Å². The van der Waals surface area contributed by atoms with E-state index in [4.69, 9.17) is 0 Å². The summed E-state index contributed by atoms with van der Waals surface area (Å²) in [6.45, 7) is 5.51. The molecule has 2 unspecified atom stereocenters. The summed E-state index contributed by atoms with van der Waals surface area (Å²) in [5, 5.41) is 9.47. The van der Waals surface area contributed by atoms with E-state index in [0.29, 0.717) is 6.04 Å². The monoisotopic (exact) mass is 207 g/mol. The number of aliphatic hydroxyl groups excluding tert-OH is 1. The molecule has 1 rings (SSSR count). The van der Waals surface area contributed by atoms with E-state index in [-0.39, 0.29) is 12.5 Å². The van der Waals surface area contributed by atoms with Crippen LogP contribution >= 0.6 is 0 Å². The van der Waals surface area contributed by atoms with Crippen LogP contribution in [0.3, 0.4) is 0 Å². The van der Waals surface area contributed by atoms with Crippen molar-refractivity contribution in [1.29, 1.82) is 0 Å². The minimum Gasteiger partial charge on any atom is -0.396 e. The predicted octanol–water partition coefficient (Wildman–Crippen LogP) is 2.10. The lowest BCUT2D eigenvalue weighted by Gasteiger charge is -2.30. The number of likely N-dealkylation sites (N-methyl/N-ethyl adjacent to an activating group) is 1. The fourth-order valence-electron chi connectivity index (χ4n) is 1.83. The van der Waals surface area contributed by atoms with Crippen molar-refractivity contribution in [3.8, 4) is 0 Å². The molecule has 0 heterocycles. The smallest absolute Gasteiger partial charge is 0.0514 e. The molecule has 2 nitrogen and oxygen atoms in total. The first-order chi connectivity index (χ1) is 7.20. The minimum absolute atomic E-state index is 0.204. The van der Waals surface area contributed by atoms with Crippen molar-refractivity contribution in [2.24, 2.45) is 0 Å². The van der Waals surface area contributed by atoms with Gasteiger partial charge in [0.25, 0.3) is 0 Å². The Balaban J connectivity index is 2.80. The molecular weight excluding hydrogens is 186 g/mol. The van der Waals surface area contributed by atoms with Gasteiger partial charge in [-0.1, -0.05) is 37.3 Å². The van der Waals surface area contributed by atoms with E-state index in [1.165, 1.54) is 5.56 Å². The van der Waals surface area contributed by atoms with Crippen LogP contribution in [0.4, 0.5) is 0 Å². The minimum atomic E-state index is 0.204. The molecule has 1 aromatic carbocycles. The van der Waals surface area contributed by atoms with Gasteiger partial charge >= 0.3 is 0 Å². The lowest BCUT2D eigenvalue weighted by Crippen LogP contribution is -2.35. The van der Waals surface area contributed by atoms with Crippen molar-refractivity contribution in [3.05, 3.63) is 35.9 Å². The van der Waals surface area contributed by atoms with Gasteiger partial charge in [0.1, 0.15) is 0 Å². The Labute approximate surface area is 92.5 Å². The second-order valence-electron chi connectivity index (χ2n) is 4.01. The number of nitrogens with zero attached hydrogens (tertiary/aromatic N) is 1. The Morgan fingerprint density at radius 3 is 2.33 bits per heavy atom. The van der Waals surface area contributed by atoms with Gasteiger partial charge in [0.2, 0.25) is 0 Å². The van der Waals surface area contributed by atoms with E-state index >= 15 is 0 Å². The first-order valence-electron chi connectivity index (χ1n) is 5.56. The zero-order chi connectivity index (χ0) is 11.3. The van der Waals surface area contributed by atoms with Crippen molar-refractivity contribution in [2.45, 2.75) is 25.8 Å². The summed E-state index contributed by atoms with van der Waals surface area (Å²) in [4.78, 5) is 2.26. The second kappa shape index (κ2) is 5.89. The van der Waals surface area contributed by atoms with Crippen LogP contribution in [-0.4, -0.2) is 36.2 Å². The van der Waals surface area contributed by atoms with Crippen LogP contribution in [0.25, 0.3) is 0 Å². The van der Waals surface area contributed by atoms with Gasteiger partial charge in [-0.05, 0) is 26.1 Å². The lowest BCUT2D eigenvalue weighted by molar-refractivity contribution is 0.173. The van der Waals surface area contributed by atoms with Gasteiger partial charge < -0.3 is 10.0 Å². The Hall–Kier alpha value is -0.860. The highest BCUT2D eigenvalue weighted by Crippen LogP contribution is 2.21. The van der Waals surface area contributed by atoms with Crippen molar-refractivity contribution in [3.63, 3.8) is 0 Å². The Morgan fingerprint density at radius 2 is 1.87 bits per heavy atom. The molecule has 2 atom stereocenters. The largest absolute Gasteiger partial charge is 0.396 e. The van der Waals surface area contributed by atoms with Crippen LogP contribution < -0.4 is 0 Å². The average Bonchev–Trinajstić information content (AvgIpc) is 2.30. The van der Waals surface area contributed by atoms with Crippen LogP contribution in [0.2, 0.25) is 0 Å². The summed E-state index contributed by atoms with van der Waals surface area (Å²) in [7, 11) is 2.09. The molecule has 0 bridgehead atoms. The van der Waals surface area contributed by atoms with Gasteiger partial charge in [-0.2, -0.15) is 0 Å². The molecule has 0 saturated heterocycles. The van der Waals surface area contributed by atoms with E-state index < -0.39 is 0 Å². The van der Waals surface area contributed by atoms with Crippen molar-refractivity contribution in [2.75, 3.05) is 20.2 Å². The van der Waals surface area contributed by atoms with Gasteiger partial charge in [-0.25, -0.2) is 0 Å². The molecule has 1 aromatic rings.